The first kappa shape index (κ1) is 16.4. The summed E-state index contributed by atoms with van der Waals surface area (Å²) in [5.41, 5.74) is 0.379. The van der Waals surface area contributed by atoms with Crippen molar-refractivity contribution in [3.05, 3.63) is 39.4 Å². The number of aryl methyl sites for hydroxylation is 1. The molecule has 0 aliphatic carbocycles. The Morgan fingerprint density at radius 2 is 2.15 bits per heavy atom. The maximum Gasteiger partial charge on any atom is 0.285 e. The van der Waals surface area contributed by atoms with Gasteiger partial charge in [-0.2, -0.15) is 0 Å². The van der Waals surface area contributed by atoms with Gasteiger partial charge in [0.25, 0.3) is 11.6 Å². The second-order valence-corrected chi connectivity index (χ2v) is 4.58. The molecule has 110 valence electrons. The Balaban J connectivity index is 3.11. The highest BCUT2D eigenvalue weighted by Gasteiger charge is 2.25. The fraction of sp³-hybridized carbons (Fsp3) is 0.462. The van der Waals surface area contributed by atoms with Gasteiger partial charge in [-0.3, -0.25) is 14.9 Å². The number of rotatable bonds is 7. The van der Waals surface area contributed by atoms with Gasteiger partial charge in [0, 0.05) is 31.6 Å². The van der Waals surface area contributed by atoms with Crippen molar-refractivity contribution >= 4 is 23.2 Å². The molecule has 0 heterocycles. The molecule has 0 aliphatic heterocycles. The average molecular weight is 301 g/mol. The van der Waals surface area contributed by atoms with Crippen LogP contribution in [0.1, 0.15) is 15.9 Å². The van der Waals surface area contributed by atoms with Crippen molar-refractivity contribution in [1.29, 1.82) is 0 Å². The highest BCUT2D eigenvalue weighted by Crippen LogP contribution is 2.24. The molecule has 0 saturated heterocycles. The minimum atomic E-state index is -0.530. The number of amides is 1. The summed E-state index contributed by atoms with van der Waals surface area (Å²) in [6, 6.07) is 4.70. The van der Waals surface area contributed by atoms with Gasteiger partial charge in [-0.1, -0.05) is 12.1 Å². The van der Waals surface area contributed by atoms with Gasteiger partial charge in [-0.15, -0.1) is 11.6 Å². The van der Waals surface area contributed by atoms with E-state index in [2.05, 4.69) is 0 Å². The van der Waals surface area contributed by atoms with E-state index in [9.17, 15) is 14.9 Å². The molecule has 0 radical (unpaired) electrons. The molecule has 1 aromatic rings. The summed E-state index contributed by atoms with van der Waals surface area (Å²) in [7, 11) is 1.53. The first-order valence-electron chi connectivity index (χ1n) is 6.11. The lowest BCUT2D eigenvalue weighted by Crippen LogP contribution is -2.35. The fourth-order valence-corrected chi connectivity index (χ4v) is 2.07. The molecule has 0 N–H and O–H groups in total. The van der Waals surface area contributed by atoms with E-state index in [1.54, 1.807) is 19.1 Å². The van der Waals surface area contributed by atoms with Gasteiger partial charge in [0.2, 0.25) is 0 Å². The molecule has 0 aliphatic rings. The SMILES string of the molecule is COCCN(CCCl)C(=O)c1cccc(C)c1[N+](=O)[O-]. The van der Waals surface area contributed by atoms with E-state index in [-0.39, 0.29) is 17.1 Å². The third-order valence-electron chi connectivity index (χ3n) is 2.86. The zero-order chi connectivity index (χ0) is 15.1. The predicted octanol–water partition coefficient (Wildman–Crippen LogP) is 2.23. The molecule has 0 atom stereocenters. The molecule has 0 unspecified atom stereocenters. The number of carbonyl (C=O) groups excluding carboxylic acids is 1. The quantitative estimate of drug-likeness (QED) is 0.440. The molecule has 7 heteroatoms. The molecule has 20 heavy (non-hydrogen) atoms. The fourth-order valence-electron chi connectivity index (χ4n) is 1.86. The van der Waals surface area contributed by atoms with Gasteiger partial charge in [-0.05, 0) is 13.0 Å². The number of para-hydroxylation sites is 1. The van der Waals surface area contributed by atoms with Crippen LogP contribution in [0.3, 0.4) is 0 Å². The highest BCUT2D eigenvalue weighted by molar-refractivity contribution is 6.18. The first-order valence-corrected chi connectivity index (χ1v) is 6.64. The zero-order valence-corrected chi connectivity index (χ0v) is 12.2. The minimum Gasteiger partial charge on any atom is -0.383 e. The lowest BCUT2D eigenvalue weighted by Gasteiger charge is -2.21. The molecule has 0 saturated carbocycles. The summed E-state index contributed by atoms with van der Waals surface area (Å²) >= 11 is 5.67. The number of carbonyl (C=O) groups is 1. The number of nitro benzene ring substituents is 1. The van der Waals surface area contributed by atoms with Crippen molar-refractivity contribution in [3.63, 3.8) is 0 Å². The normalized spacial score (nSPS) is 10.3. The van der Waals surface area contributed by atoms with Gasteiger partial charge in [0.1, 0.15) is 5.56 Å². The summed E-state index contributed by atoms with van der Waals surface area (Å²) in [6.45, 7) is 2.61. The second-order valence-electron chi connectivity index (χ2n) is 4.20. The monoisotopic (exact) mass is 300 g/mol. The lowest BCUT2D eigenvalue weighted by molar-refractivity contribution is -0.385. The van der Waals surface area contributed by atoms with Crippen LogP contribution in [0, 0.1) is 17.0 Å². The molecule has 0 bridgehead atoms. The minimum absolute atomic E-state index is 0.0798. The van der Waals surface area contributed by atoms with Crippen LogP contribution in [0.2, 0.25) is 0 Å². The largest absolute Gasteiger partial charge is 0.383 e. The number of hydrogen-bond acceptors (Lipinski definition) is 4. The molecule has 6 nitrogen and oxygen atoms in total. The molecule has 1 aromatic carbocycles. The van der Waals surface area contributed by atoms with E-state index in [1.165, 1.54) is 18.1 Å². The summed E-state index contributed by atoms with van der Waals surface area (Å²) < 4.78 is 4.94. The van der Waals surface area contributed by atoms with Crippen LogP contribution in [0.4, 0.5) is 5.69 Å². The van der Waals surface area contributed by atoms with E-state index in [4.69, 9.17) is 16.3 Å². The Hall–Kier alpha value is -1.66. The van der Waals surface area contributed by atoms with E-state index >= 15 is 0 Å². The number of ether oxygens (including phenoxy) is 1. The average Bonchev–Trinajstić information content (AvgIpc) is 2.42. The van der Waals surface area contributed by atoms with Gasteiger partial charge < -0.3 is 9.64 Å². The number of hydrogen-bond donors (Lipinski definition) is 0. The van der Waals surface area contributed by atoms with Crippen LogP contribution in [-0.4, -0.2) is 48.4 Å². The van der Waals surface area contributed by atoms with Crippen molar-refractivity contribution < 1.29 is 14.5 Å². The van der Waals surface area contributed by atoms with Crippen LogP contribution >= 0.6 is 11.6 Å². The molecule has 1 rings (SSSR count). The maximum absolute atomic E-state index is 12.4. The summed E-state index contributed by atoms with van der Waals surface area (Å²) in [5, 5.41) is 11.1. The Bertz CT molecular complexity index is 493. The van der Waals surface area contributed by atoms with E-state index in [1.807, 2.05) is 0 Å². The van der Waals surface area contributed by atoms with E-state index in [0.717, 1.165) is 0 Å². The topological polar surface area (TPSA) is 72.7 Å². The first-order chi connectivity index (χ1) is 9.52. The number of halogens is 1. The number of nitrogens with zero attached hydrogens (tertiary/aromatic N) is 2. The van der Waals surface area contributed by atoms with Gasteiger partial charge in [0.05, 0.1) is 11.5 Å². The van der Waals surface area contributed by atoms with Gasteiger partial charge in [0.15, 0.2) is 0 Å². The standard InChI is InChI=1S/C13H17ClN2O4/c1-10-4-3-5-11(12(10)16(18)19)13(17)15(7-6-14)8-9-20-2/h3-5H,6-9H2,1-2H3. The highest BCUT2D eigenvalue weighted by atomic mass is 35.5. The molecule has 0 fully saturated rings. The summed E-state index contributed by atoms with van der Waals surface area (Å²) in [4.78, 5) is 24.5. The van der Waals surface area contributed by atoms with Gasteiger partial charge in [-0.25, -0.2) is 0 Å². The van der Waals surface area contributed by atoms with Crippen molar-refractivity contribution in [2.24, 2.45) is 0 Å². The van der Waals surface area contributed by atoms with Crippen molar-refractivity contribution in [1.82, 2.24) is 4.90 Å². The van der Waals surface area contributed by atoms with E-state index < -0.39 is 10.8 Å². The van der Waals surface area contributed by atoms with Crippen LogP contribution in [-0.2, 0) is 4.74 Å². The van der Waals surface area contributed by atoms with Crippen molar-refractivity contribution in [2.75, 3.05) is 32.7 Å². The molecular formula is C13H17ClN2O4. The third-order valence-corrected chi connectivity index (χ3v) is 3.03. The Kier molecular flexibility index (Phi) is 6.41. The Morgan fingerprint density at radius 1 is 1.45 bits per heavy atom. The second kappa shape index (κ2) is 7.81. The lowest BCUT2D eigenvalue weighted by atomic mass is 10.1. The van der Waals surface area contributed by atoms with Crippen LogP contribution in [0.5, 0.6) is 0 Å². The molecule has 0 spiro atoms. The number of alkyl halides is 1. The molecule has 1 amide bonds. The predicted molar refractivity (Wildman–Crippen MR) is 76.3 cm³/mol. The molecule has 0 aromatic heterocycles. The number of methoxy groups -OCH3 is 1. The van der Waals surface area contributed by atoms with Crippen LogP contribution in [0.25, 0.3) is 0 Å². The van der Waals surface area contributed by atoms with Crippen LogP contribution in [0.15, 0.2) is 18.2 Å². The smallest absolute Gasteiger partial charge is 0.285 e. The van der Waals surface area contributed by atoms with Crippen LogP contribution < -0.4 is 0 Å². The van der Waals surface area contributed by atoms with E-state index in [0.29, 0.717) is 25.3 Å². The summed E-state index contributed by atoms with van der Waals surface area (Å²) in [5.74, 6) is -0.146. The maximum atomic E-state index is 12.4. The van der Waals surface area contributed by atoms with Crippen molar-refractivity contribution in [3.8, 4) is 0 Å². The Labute approximate surface area is 122 Å². The van der Waals surface area contributed by atoms with Gasteiger partial charge >= 0.3 is 0 Å². The zero-order valence-electron chi connectivity index (χ0n) is 11.5. The number of nitro groups is 1. The summed E-state index contributed by atoms with van der Waals surface area (Å²) in [6.07, 6.45) is 0. The van der Waals surface area contributed by atoms with Crippen molar-refractivity contribution in [2.45, 2.75) is 6.92 Å². The third kappa shape index (κ3) is 3.91. The number of benzene rings is 1. The molecular weight excluding hydrogens is 284 g/mol. The Morgan fingerprint density at radius 3 is 2.70 bits per heavy atom.